The Balaban J connectivity index is 1.84. The van der Waals surface area contributed by atoms with Crippen LogP contribution >= 0.6 is 0 Å². The number of hydrogen-bond acceptors (Lipinski definition) is 2. The molecule has 0 radical (unpaired) electrons. The van der Waals surface area contributed by atoms with E-state index >= 15 is 0 Å². The van der Waals surface area contributed by atoms with Gasteiger partial charge < -0.3 is 10.6 Å². The maximum atomic E-state index is 11.9. The predicted molar refractivity (Wildman–Crippen MR) is 78.1 cm³/mol. The molecular formula is C16H24N2O. The number of rotatable bonds is 6. The van der Waals surface area contributed by atoms with E-state index in [4.69, 9.17) is 0 Å². The minimum Gasteiger partial charge on any atom is -0.352 e. The molecule has 2 N–H and O–H groups in total. The van der Waals surface area contributed by atoms with E-state index < -0.39 is 0 Å². The van der Waals surface area contributed by atoms with Gasteiger partial charge in [0.25, 0.3) is 0 Å². The Bertz CT molecular complexity index is 424. The topological polar surface area (TPSA) is 41.1 Å². The highest BCUT2D eigenvalue weighted by molar-refractivity contribution is 5.81. The van der Waals surface area contributed by atoms with Crippen LogP contribution in [0.3, 0.4) is 0 Å². The zero-order valence-electron chi connectivity index (χ0n) is 12.1. The molecule has 0 aromatic heterocycles. The molecule has 1 aromatic carbocycles. The van der Waals surface area contributed by atoms with E-state index in [1.807, 2.05) is 13.0 Å². The van der Waals surface area contributed by atoms with Gasteiger partial charge in [-0.15, -0.1) is 0 Å². The van der Waals surface area contributed by atoms with Gasteiger partial charge in [-0.2, -0.15) is 0 Å². The first-order chi connectivity index (χ1) is 8.99. The van der Waals surface area contributed by atoms with Crippen molar-refractivity contribution in [1.29, 1.82) is 0 Å². The van der Waals surface area contributed by atoms with E-state index in [-0.39, 0.29) is 17.4 Å². The first kappa shape index (κ1) is 14.1. The molecule has 0 heterocycles. The lowest BCUT2D eigenvalue weighted by atomic mass is 9.84. The largest absolute Gasteiger partial charge is 0.352 e. The normalized spacial score (nSPS) is 17.0. The van der Waals surface area contributed by atoms with Gasteiger partial charge in [-0.05, 0) is 25.3 Å². The molecule has 1 atom stereocenters. The lowest BCUT2D eigenvalue weighted by Crippen LogP contribution is -2.46. The molecule has 0 aliphatic heterocycles. The summed E-state index contributed by atoms with van der Waals surface area (Å²) in [4.78, 5) is 11.9. The Morgan fingerprint density at radius 3 is 2.53 bits per heavy atom. The van der Waals surface area contributed by atoms with Crippen molar-refractivity contribution < 1.29 is 4.79 Å². The Hall–Kier alpha value is -1.35. The maximum Gasteiger partial charge on any atom is 0.237 e. The molecule has 3 nitrogen and oxygen atoms in total. The van der Waals surface area contributed by atoms with Crippen LogP contribution in [-0.2, 0) is 10.2 Å². The molecule has 1 fully saturated rings. The highest BCUT2D eigenvalue weighted by Gasteiger charge is 2.27. The monoisotopic (exact) mass is 260 g/mol. The summed E-state index contributed by atoms with van der Waals surface area (Å²) in [7, 11) is 0. The molecule has 3 heteroatoms. The molecular weight excluding hydrogens is 236 g/mol. The lowest BCUT2D eigenvalue weighted by Gasteiger charge is -2.27. The van der Waals surface area contributed by atoms with Gasteiger partial charge in [-0.25, -0.2) is 0 Å². The van der Waals surface area contributed by atoms with Gasteiger partial charge in [0.05, 0.1) is 6.04 Å². The molecule has 0 saturated heterocycles. The van der Waals surface area contributed by atoms with E-state index in [2.05, 4.69) is 48.7 Å². The summed E-state index contributed by atoms with van der Waals surface area (Å²) < 4.78 is 0. The summed E-state index contributed by atoms with van der Waals surface area (Å²) in [6.07, 6.45) is 2.27. The first-order valence-corrected chi connectivity index (χ1v) is 7.08. The number of hydrogen-bond donors (Lipinski definition) is 2. The van der Waals surface area contributed by atoms with Gasteiger partial charge >= 0.3 is 0 Å². The lowest BCUT2D eigenvalue weighted by molar-refractivity contribution is -0.122. The van der Waals surface area contributed by atoms with Gasteiger partial charge in [0.2, 0.25) is 5.91 Å². The fourth-order valence-corrected chi connectivity index (χ4v) is 2.05. The molecule has 1 aliphatic rings. The number of amides is 1. The highest BCUT2D eigenvalue weighted by Crippen LogP contribution is 2.22. The molecule has 1 amide bonds. The molecule has 1 unspecified atom stereocenters. The van der Waals surface area contributed by atoms with E-state index in [1.54, 1.807) is 0 Å². The van der Waals surface area contributed by atoms with Crippen molar-refractivity contribution in [1.82, 2.24) is 10.6 Å². The average Bonchev–Trinajstić information content (AvgIpc) is 3.21. The first-order valence-electron chi connectivity index (χ1n) is 7.08. The van der Waals surface area contributed by atoms with Gasteiger partial charge in [0, 0.05) is 18.0 Å². The molecule has 2 rings (SSSR count). The van der Waals surface area contributed by atoms with Crippen molar-refractivity contribution >= 4 is 5.91 Å². The summed E-state index contributed by atoms with van der Waals surface area (Å²) in [5.41, 5.74) is 1.31. The molecule has 19 heavy (non-hydrogen) atoms. The zero-order chi connectivity index (χ0) is 13.9. The second-order valence-corrected chi connectivity index (χ2v) is 6.14. The van der Waals surface area contributed by atoms with Crippen LogP contribution in [-0.4, -0.2) is 24.5 Å². The van der Waals surface area contributed by atoms with Crippen molar-refractivity contribution in [3.8, 4) is 0 Å². The zero-order valence-corrected chi connectivity index (χ0v) is 12.1. The maximum absolute atomic E-state index is 11.9. The molecule has 1 aromatic rings. The van der Waals surface area contributed by atoms with Crippen molar-refractivity contribution in [2.75, 3.05) is 6.54 Å². The minimum atomic E-state index is -0.136. The van der Waals surface area contributed by atoms with Crippen LogP contribution in [0.25, 0.3) is 0 Å². The van der Waals surface area contributed by atoms with Crippen LogP contribution in [0, 0.1) is 0 Å². The number of carbonyl (C=O) groups excluding carboxylic acids is 1. The van der Waals surface area contributed by atoms with Crippen molar-refractivity contribution in [2.45, 2.75) is 51.1 Å². The predicted octanol–water partition coefficient (Wildman–Crippen LogP) is 2.22. The van der Waals surface area contributed by atoms with Crippen LogP contribution in [0.1, 0.15) is 39.2 Å². The Morgan fingerprint density at radius 1 is 1.32 bits per heavy atom. The number of benzene rings is 1. The van der Waals surface area contributed by atoms with Crippen molar-refractivity contribution in [3.63, 3.8) is 0 Å². The Morgan fingerprint density at radius 2 is 1.95 bits per heavy atom. The summed E-state index contributed by atoms with van der Waals surface area (Å²) in [5.74, 6) is 0.117. The summed E-state index contributed by atoms with van der Waals surface area (Å²) in [6.45, 7) is 7.11. The molecule has 0 spiro atoms. The summed E-state index contributed by atoms with van der Waals surface area (Å²) in [6, 6.07) is 10.7. The van der Waals surface area contributed by atoms with Gasteiger partial charge in [0.15, 0.2) is 0 Å². The van der Waals surface area contributed by atoms with Crippen molar-refractivity contribution in [2.24, 2.45) is 0 Å². The van der Waals surface area contributed by atoms with Crippen LogP contribution in [0.5, 0.6) is 0 Å². The van der Waals surface area contributed by atoms with Crippen LogP contribution < -0.4 is 10.6 Å². The van der Waals surface area contributed by atoms with E-state index in [0.717, 1.165) is 19.4 Å². The third-order valence-corrected chi connectivity index (χ3v) is 3.72. The van der Waals surface area contributed by atoms with E-state index in [0.29, 0.717) is 6.04 Å². The van der Waals surface area contributed by atoms with Crippen LogP contribution in [0.2, 0.25) is 0 Å². The fraction of sp³-hybridized carbons (Fsp3) is 0.562. The second-order valence-electron chi connectivity index (χ2n) is 6.14. The molecule has 1 aliphatic carbocycles. The summed E-state index contributed by atoms with van der Waals surface area (Å²) in [5, 5.41) is 6.37. The molecule has 104 valence electrons. The Kier molecular flexibility index (Phi) is 4.25. The van der Waals surface area contributed by atoms with Crippen LogP contribution in [0.4, 0.5) is 0 Å². The Labute approximate surface area is 115 Å². The average molecular weight is 260 g/mol. The van der Waals surface area contributed by atoms with Gasteiger partial charge in [-0.3, -0.25) is 4.79 Å². The highest BCUT2D eigenvalue weighted by atomic mass is 16.2. The number of nitrogens with one attached hydrogen (secondary N) is 2. The number of carbonyl (C=O) groups is 1. The van der Waals surface area contributed by atoms with Crippen molar-refractivity contribution in [3.05, 3.63) is 35.9 Å². The molecule has 1 saturated carbocycles. The van der Waals surface area contributed by atoms with Crippen LogP contribution in [0.15, 0.2) is 30.3 Å². The SMILES string of the molecule is CC(NCC(C)(C)c1ccccc1)C(=O)NC1CC1. The van der Waals surface area contributed by atoms with Gasteiger partial charge in [0.1, 0.15) is 0 Å². The summed E-state index contributed by atoms with van der Waals surface area (Å²) >= 11 is 0. The van der Waals surface area contributed by atoms with E-state index in [9.17, 15) is 4.79 Å². The van der Waals surface area contributed by atoms with E-state index in [1.165, 1.54) is 5.56 Å². The van der Waals surface area contributed by atoms with Gasteiger partial charge in [-0.1, -0.05) is 44.2 Å². The quantitative estimate of drug-likeness (QED) is 0.823. The molecule has 0 bridgehead atoms. The minimum absolute atomic E-state index is 0.0232. The third-order valence-electron chi connectivity index (χ3n) is 3.72. The third kappa shape index (κ3) is 4.06. The second kappa shape index (κ2) is 5.74. The smallest absolute Gasteiger partial charge is 0.237 e. The standard InChI is InChI=1S/C16H24N2O/c1-12(15(19)18-14-9-10-14)17-11-16(2,3)13-7-5-4-6-8-13/h4-8,12,14,17H,9-11H2,1-3H3,(H,18,19). The fourth-order valence-electron chi connectivity index (χ4n) is 2.05.